The minimum absolute atomic E-state index is 0.0216. The van der Waals surface area contributed by atoms with Gasteiger partial charge in [0.1, 0.15) is 11.0 Å². The van der Waals surface area contributed by atoms with Gasteiger partial charge in [0.05, 0.1) is 5.69 Å². The third-order valence-corrected chi connectivity index (χ3v) is 2.31. The number of rotatable bonds is 3. The minimum Gasteiger partial charge on any atom is -0.297 e. The molecule has 4 nitrogen and oxygen atoms in total. The van der Waals surface area contributed by atoms with Crippen molar-refractivity contribution in [3.8, 4) is 0 Å². The van der Waals surface area contributed by atoms with E-state index < -0.39 is 11.9 Å². The lowest BCUT2D eigenvalue weighted by atomic mass is 10.2. The molecule has 0 fully saturated rings. The number of anilines is 1. The van der Waals surface area contributed by atoms with Crippen LogP contribution in [0.15, 0.2) is 29.4 Å². The minimum atomic E-state index is -0.895. The maximum Gasteiger partial charge on any atom is 0.437 e. The lowest BCUT2D eigenvalue weighted by Crippen LogP contribution is -2.13. The Kier molecular flexibility index (Phi) is 4.90. The number of oxime groups is 1. The molecule has 1 amide bonds. The highest BCUT2D eigenvalue weighted by molar-refractivity contribution is 6.65. The summed E-state index contributed by atoms with van der Waals surface area (Å²) in [6.45, 7) is 3.59. The summed E-state index contributed by atoms with van der Waals surface area (Å²) in [5.41, 5.74) is 0.0216. The number of amides is 1. The molecule has 0 spiro atoms. The molecule has 6 heteroatoms. The zero-order valence-corrected chi connectivity index (χ0v) is 10.2. The first-order chi connectivity index (χ1) is 8.00. The van der Waals surface area contributed by atoms with Gasteiger partial charge in [-0.2, -0.15) is 0 Å². The van der Waals surface area contributed by atoms with E-state index in [2.05, 4.69) is 15.3 Å². The Labute approximate surface area is 103 Å². The summed E-state index contributed by atoms with van der Waals surface area (Å²) in [6.07, 6.45) is -0.895. The van der Waals surface area contributed by atoms with Gasteiger partial charge in [-0.1, -0.05) is 42.7 Å². The van der Waals surface area contributed by atoms with Crippen LogP contribution in [-0.2, 0) is 4.84 Å². The number of hydrogen-bond acceptors (Lipinski definition) is 3. The van der Waals surface area contributed by atoms with Crippen LogP contribution in [0.2, 0.25) is 0 Å². The summed E-state index contributed by atoms with van der Waals surface area (Å²) in [6, 6.07) is 5.73. The molecular weight excluding hydrogens is 247 g/mol. The van der Waals surface area contributed by atoms with E-state index in [1.54, 1.807) is 19.9 Å². The standard InChI is InChI=1S/C11H12ClFN2O2/c1-7(2)10(12)15-17-11(16)14-9-6-4-3-5-8(9)13/h3-7H,1-2H3,(H,14,16)/b15-10-. The van der Waals surface area contributed by atoms with Crippen LogP contribution in [-0.4, -0.2) is 11.3 Å². The van der Waals surface area contributed by atoms with Crippen molar-refractivity contribution in [1.29, 1.82) is 0 Å². The van der Waals surface area contributed by atoms with Crippen LogP contribution in [0.5, 0.6) is 0 Å². The van der Waals surface area contributed by atoms with E-state index in [0.29, 0.717) is 0 Å². The number of hydrogen-bond donors (Lipinski definition) is 1. The number of carbonyl (C=O) groups is 1. The fourth-order valence-electron chi connectivity index (χ4n) is 0.886. The quantitative estimate of drug-likeness (QED) is 0.512. The summed E-state index contributed by atoms with van der Waals surface area (Å²) in [5, 5.41) is 5.76. The van der Waals surface area contributed by atoms with Gasteiger partial charge in [0, 0.05) is 5.92 Å². The lowest BCUT2D eigenvalue weighted by molar-refractivity contribution is 0.166. The number of halogens is 2. The van der Waals surface area contributed by atoms with Crippen LogP contribution < -0.4 is 5.32 Å². The molecule has 0 saturated carbocycles. The highest BCUT2D eigenvalue weighted by atomic mass is 35.5. The average molecular weight is 259 g/mol. The number of para-hydroxylation sites is 1. The van der Waals surface area contributed by atoms with Crippen LogP contribution in [0.3, 0.4) is 0 Å². The Morgan fingerprint density at radius 2 is 2.12 bits per heavy atom. The van der Waals surface area contributed by atoms with Crippen molar-refractivity contribution in [3.63, 3.8) is 0 Å². The molecule has 1 aromatic rings. The van der Waals surface area contributed by atoms with Gasteiger partial charge in [0.25, 0.3) is 0 Å². The monoisotopic (exact) mass is 258 g/mol. The molecule has 0 aliphatic rings. The zero-order valence-electron chi connectivity index (χ0n) is 9.41. The van der Waals surface area contributed by atoms with Crippen molar-refractivity contribution < 1.29 is 14.0 Å². The molecule has 0 radical (unpaired) electrons. The van der Waals surface area contributed by atoms with Gasteiger partial charge >= 0.3 is 6.09 Å². The fourth-order valence-corrected chi connectivity index (χ4v) is 0.920. The fraction of sp³-hybridized carbons (Fsp3) is 0.273. The third kappa shape index (κ3) is 4.40. The van der Waals surface area contributed by atoms with Gasteiger partial charge in [-0.05, 0) is 12.1 Å². The summed E-state index contributed by atoms with van der Waals surface area (Å²) < 4.78 is 13.1. The topological polar surface area (TPSA) is 50.7 Å². The maximum absolute atomic E-state index is 13.1. The van der Waals surface area contributed by atoms with Crippen LogP contribution in [0.25, 0.3) is 0 Å². The molecule has 0 saturated heterocycles. The Hall–Kier alpha value is -1.62. The first-order valence-corrected chi connectivity index (χ1v) is 5.34. The van der Waals surface area contributed by atoms with E-state index in [1.165, 1.54) is 18.2 Å². The molecular formula is C11H12ClFN2O2. The van der Waals surface area contributed by atoms with Crippen LogP contribution >= 0.6 is 11.6 Å². The van der Waals surface area contributed by atoms with Gasteiger partial charge in [-0.3, -0.25) is 10.2 Å². The number of benzene rings is 1. The van der Waals surface area contributed by atoms with Crippen molar-refractivity contribution in [2.24, 2.45) is 11.1 Å². The van der Waals surface area contributed by atoms with E-state index in [9.17, 15) is 9.18 Å². The molecule has 0 aliphatic carbocycles. The van der Waals surface area contributed by atoms with E-state index >= 15 is 0 Å². The van der Waals surface area contributed by atoms with Crippen LogP contribution in [0.1, 0.15) is 13.8 Å². The molecule has 0 heterocycles. The van der Waals surface area contributed by atoms with Gasteiger partial charge in [-0.25, -0.2) is 9.18 Å². The third-order valence-electron chi connectivity index (χ3n) is 1.80. The SMILES string of the molecule is CC(C)/C(Cl)=N/OC(=O)Nc1ccccc1F. The van der Waals surface area contributed by atoms with Gasteiger partial charge < -0.3 is 0 Å². The molecule has 1 aromatic carbocycles. The largest absolute Gasteiger partial charge is 0.437 e. The molecule has 0 unspecified atom stereocenters. The Bertz CT molecular complexity index is 435. The molecule has 0 aromatic heterocycles. The van der Waals surface area contributed by atoms with Crippen molar-refractivity contribution in [2.75, 3.05) is 5.32 Å². The summed E-state index contributed by atoms with van der Waals surface area (Å²) in [4.78, 5) is 15.7. The van der Waals surface area contributed by atoms with E-state index in [4.69, 9.17) is 11.6 Å². The predicted octanol–water partition coefficient (Wildman–Crippen LogP) is 3.58. The van der Waals surface area contributed by atoms with Crippen molar-refractivity contribution in [3.05, 3.63) is 30.1 Å². The van der Waals surface area contributed by atoms with Crippen molar-refractivity contribution >= 4 is 28.6 Å². The molecule has 17 heavy (non-hydrogen) atoms. The van der Waals surface area contributed by atoms with Gasteiger partial charge in [-0.15, -0.1) is 0 Å². The lowest BCUT2D eigenvalue weighted by Gasteiger charge is -2.04. The van der Waals surface area contributed by atoms with Gasteiger partial charge in [0.2, 0.25) is 0 Å². The van der Waals surface area contributed by atoms with E-state index in [0.717, 1.165) is 0 Å². The number of carbonyl (C=O) groups excluding carboxylic acids is 1. The Balaban J connectivity index is 2.57. The maximum atomic E-state index is 13.1. The highest BCUT2D eigenvalue weighted by Crippen LogP contribution is 2.12. The highest BCUT2D eigenvalue weighted by Gasteiger charge is 2.08. The first kappa shape index (κ1) is 13.4. The normalized spacial score (nSPS) is 11.5. The molecule has 92 valence electrons. The summed E-state index contributed by atoms with van der Waals surface area (Å²) >= 11 is 5.66. The molecule has 1 rings (SSSR count). The zero-order chi connectivity index (χ0) is 12.8. The van der Waals surface area contributed by atoms with Gasteiger partial charge in [0.15, 0.2) is 0 Å². The molecule has 0 aliphatic heterocycles. The number of nitrogens with one attached hydrogen (secondary N) is 1. The Morgan fingerprint density at radius 1 is 1.47 bits per heavy atom. The molecule has 1 N–H and O–H groups in total. The second kappa shape index (κ2) is 6.20. The van der Waals surface area contributed by atoms with Crippen LogP contribution in [0, 0.1) is 11.7 Å². The smallest absolute Gasteiger partial charge is 0.297 e. The summed E-state index contributed by atoms with van der Waals surface area (Å²) in [5.74, 6) is -0.596. The molecule has 0 bridgehead atoms. The summed E-state index contributed by atoms with van der Waals surface area (Å²) in [7, 11) is 0. The molecule has 0 atom stereocenters. The average Bonchev–Trinajstić information content (AvgIpc) is 2.29. The van der Waals surface area contributed by atoms with E-state index in [-0.39, 0.29) is 16.8 Å². The number of nitrogens with zero attached hydrogens (tertiary/aromatic N) is 1. The second-order valence-electron chi connectivity index (χ2n) is 3.55. The van der Waals surface area contributed by atoms with Crippen molar-refractivity contribution in [1.82, 2.24) is 0 Å². The first-order valence-electron chi connectivity index (χ1n) is 4.96. The van der Waals surface area contributed by atoms with E-state index in [1.807, 2.05) is 0 Å². The predicted molar refractivity (Wildman–Crippen MR) is 64.6 cm³/mol. The Morgan fingerprint density at radius 3 is 2.71 bits per heavy atom. The second-order valence-corrected chi connectivity index (χ2v) is 3.94. The van der Waals surface area contributed by atoms with Crippen LogP contribution in [0.4, 0.5) is 14.9 Å². The van der Waals surface area contributed by atoms with Crippen molar-refractivity contribution in [2.45, 2.75) is 13.8 Å².